The Balaban J connectivity index is 2.86. The molecule has 0 bridgehead atoms. The summed E-state index contributed by atoms with van der Waals surface area (Å²) >= 11 is 0. The second kappa shape index (κ2) is 7.94. The van der Waals surface area contributed by atoms with Crippen molar-refractivity contribution in [2.24, 2.45) is 0 Å². The van der Waals surface area contributed by atoms with Crippen molar-refractivity contribution >= 4 is 17.6 Å². The minimum absolute atomic E-state index is 0.0122. The van der Waals surface area contributed by atoms with Gasteiger partial charge in [-0.05, 0) is 38.1 Å². The maximum atomic E-state index is 11.6. The third-order valence-corrected chi connectivity index (χ3v) is 2.37. The third-order valence-electron chi connectivity index (χ3n) is 2.37. The lowest BCUT2D eigenvalue weighted by molar-refractivity contribution is -0.138. The minimum atomic E-state index is -0.664. The molecule has 0 saturated heterocycles. The average Bonchev–Trinajstić information content (AvgIpc) is 2.46. The molecule has 0 saturated carbocycles. The summed E-state index contributed by atoms with van der Waals surface area (Å²) in [5.74, 6) is -0.599. The standard InChI is InChI=1S/C15H19NO5/c1-10(2)21-12-7-5-11(6-8-12)16-13(15(18)20-4)9-14(17)19-3/h5-10,16H,1-4H3. The van der Waals surface area contributed by atoms with Crippen LogP contribution in [0.4, 0.5) is 5.69 Å². The average molecular weight is 293 g/mol. The number of esters is 2. The molecule has 0 radical (unpaired) electrons. The summed E-state index contributed by atoms with van der Waals surface area (Å²) in [7, 11) is 2.46. The number of rotatable bonds is 6. The number of ether oxygens (including phenoxy) is 3. The van der Waals surface area contributed by atoms with Crippen LogP contribution in [-0.2, 0) is 19.1 Å². The van der Waals surface area contributed by atoms with Gasteiger partial charge in [0.15, 0.2) is 0 Å². The van der Waals surface area contributed by atoms with E-state index in [1.165, 1.54) is 14.2 Å². The van der Waals surface area contributed by atoms with Gasteiger partial charge in [0, 0.05) is 5.69 Å². The van der Waals surface area contributed by atoms with E-state index in [-0.39, 0.29) is 11.8 Å². The van der Waals surface area contributed by atoms with E-state index < -0.39 is 11.9 Å². The first kappa shape index (κ1) is 16.6. The van der Waals surface area contributed by atoms with Crippen LogP contribution in [0, 0.1) is 0 Å². The first-order chi connectivity index (χ1) is 9.96. The van der Waals surface area contributed by atoms with E-state index in [2.05, 4.69) is 14.8 Å². The second-order valence-electron chi connectivity index (χ2n) is 4.39. The van der Waals surface area contributed by atoms with Crippen LogP contribution in [0.25, 0.3) is 0 Å². The summed E-state index contributed by atoms with van der Waals surface area (Å²) in [6, 6.07) is 6.97. The van der Waals surface area contributed by atoms with Crippen LogP contribution in [0.5, 0.6) is 5.75 Å². The number of carbonyl (C=O) groups is 2. The zero-order valence-corrected chi connectivity index (χ0v) is 12.5. The van der Waals surface area contributed by atoms with Gasteiger partial charge in [-0.3, -0.25) is 0 Å². The van der Waals surface area contributed by atoms with E-state index in [1.807, 2.05) is 13.8 Å². The summed E-state index contributed by atoms with van der Waals surface area (Å²) in [5, 5.41) is 2.81. The summed E-state index contributed by atoms with van der Waals surface area (Å²) in [4.78, 5) is 22.8. The van der Waals surface area contributed by atoms with E-state index in [1.54, 1.807) is 24.3 Å². The summed E-state index contributed by atoms with van der Waals surface area (Å²) in [6.45, 7) is 3.86. The van der Waals surface area contributed by atoms with Gasteiger partial charge in [0.1, 0.15) is 11.4 Å². The molecule has 0 amide bonds. The molecule has 6 heteroatoms. The van der Waals surface area contributed by atoms with Crippen molar-refractivity contribution in [1.29, 1.82) is 0 Å². The second-order valence-corrected chi connectivity index (χ2v) is 4.39. The van der Waals surface area contributed by atoms with E-state index in [0.29, 0.717) is 11.4 Å². The maximum Gasteiger partial charge on any atom is 0.354 e. The third kappa shape index (κ3) is 5.56. The Morgan fingerprint density at radius 1 is 1.10 bits per heavy atom. The molecule has 0 aromatic heterocycles. The molecule has 0 spiro atoms. The fourth-order valence-electron chi connectivity index (χ4n) is 1.48. The monoisotopic (exact) mass is 293 g/mol. The Hall–Kier alpha value is -2.50. The summed E-state index contributed by atoms with van der Waals surface area (Å²) < 4.78 is 14.6. The highest BCUT2D eigenvalue weighted by atomic mass is 16.5. The van der Waals surface area contributed by atoms with Crippen molar-refractivity contribution in [3.05, 3.63) is 36.0 Å². The van der Waals surface area contributed by atoms with Crippen molar-refractivity contribution in [2.75, 3.05) is 19.5 Å². The first-order valence-electron chi connectivity index (χ1n) is 6.38. The van der Waals surface area contributed by atoms with E-state index in [4.69, 9.17) is 4.74 Å². The van der Waals surface area contributed by atoms with Gasteiger partial charge in [-0.1, -0.05) is 0 Å². The number of benzene rings is 1. The van der Waals surface area contributed by atoms with Gasteiger partial charge < -0.3 is 19.5 Å². The van der Waals surface area contributed by atoms with Crippen LogP contribution in [-0.4, -0.2) is 32.3 Å². The zero-order chi connectivity index (χ0) is 15.8. The highest BCUT2D eigenvalue weighted by molar-refractivity contribution is 5.98. The molecule has 1 N–H and O–H groups in total. The van der Waals surface area contributed by atoms with Crippen LogP contribution in [0.15, 0.2) is 36.0 Å². The van der Waals surface area contributed by atoms with Crippen LogP contribution >= 0.6 is 0 Å². The highest BCUT2D eigenvalue weighted by Crippen LogP contribution is 2.18. The molecule has 0 atom stereocenters. The lowest BCUT2D eigenvalue weighted by Gasteiger charge is -2.12. The van der Waals surface area contributed by atoms with Gasteiger partial charge in [0.25, 0.3) is 0 Å². The van der Waals surface area contributed by atoms with E-state index in [9.17, 15) is 9.59 Å². The Kier molecular flexibility index (Phi) is 6.26. The Bertz CT molecular complexity index is 519. The molecule has 0 fully saturated rings. The molecule has 1 aromatic carbocycles. The largest absolute Gasteiger partial charge is 0.491 e. The normalized spacial score (nSPS) is 11.0. The van der Waals surface area contributed by atoms with Crippen LogP contribution in [0.2, 0.25) is 0 Å². The number of hydrogen-bond donors (Lipinski definition) is 1. The predicted molar refractivity (Wildman–Crippen MR) is 77.9 cm³/mol. The quantitative estimate of drug-likeness (QED) is 0.639. The highest BCUT2D eigenvalue weighted by Gasteiger charge is 2.12. The maximum absolute atomic E-state index is 11.6. The van der Waals surface area contributed by atoms with Gasteiger partial charge >= 0.3 is 11.9 Å². The van der Waals surface area contributed by atoms with Crippen molar-refractivity contribution in [2.45, 2.75) is 20.0 Å². The fourth-order valence-corrected chi connectivity index (χ4v) is 1.48. The molecule has 6 nitrogen and oxygen atoms in total. The first-order valence-corrected chi connectivity index (χ1v) is 6.38. The smallest absolute Gasteiger partial charge is 0.354 e. The molecular formula is C15H19NO5. The Morgan fingerprint density at radius 3 is 2.19 bits per heavy atom. The number of nitrogens with one attached hydrogen (secondary N) is 1. The SMILES string of the molecule is COC(=O)C=C(Nc1ccc(OC(C)C)cc1)C(=O)OC. The molecule has 0 unspecified atom stereocenters. The van der Waals surface area contributed by atoms with Crippen molar-refractivity contribution in [1.82, 2.24) is 0 Å². The van der Waals surface area contributed by atoms with Crippen LogP contribution < -0.4 is 10.1 Å². The Morgan fingerprint density at radius 2 is 1.71 bits per heavy atom. The molecule has 114 valence electrons. The summed E-state index contributed by atoms with van der Waals surface area (Å²) in [6.07, 6.45) is 1.11. The van der Waals surface area contributed by atoms with Gasteiger partial charge in [0.2, 0.25) is 0 Å². The van der Waals surface area contributed by atoms with Crippen molar-refractivity contribution < 1.29 is 23.8 Å². The fraction of sp³-hybridized carbons (Fsp3) is 0.333. The lowest BCUT2D eigenvalue weighted by Crippen LogP contribution is -2.15. The molecule has 1 aromatic rings. The molecule has 0 aliphatic heterocycles. The van der Waals surface area contributed by atoms with E-state index >= 15 is 0 Å². The van der Waals surface area contributed by atoms with Crippen LogP contribution in [0.1, 0.15) is 13.8 Å². The molecular weight excluding hydrogens is 274 g/mol. The number of methoxy groups -OCH3 is 2. The number of hydrogen-bond acceptors (Lipinski definition) is 6. The number of carbonyl (C=O) groups excluding carboxylic acids is 2. The molecule has 0 heterocycles. The lowest BCUT2D eigenvalue weighted by atomic mass is 10.2. The molecule has 0 aliphatic carbocycles. The number of anilines is 1. The minimum Gasteiger partial charge on any atom is -0.491 e. The molecule has 0 aliphatic rings. The topological polar surface area (TPSA) is 73.9 Å². The molecule has 21 heavy (non-hydrogen) atoms. The predicted octanol–water partition coefficient (Wildman–Crippen LogP) is 2.12. The Labute approximate surface area is 123 Å². The van der Waals surface area contributed by atoms with Crippen molar-refractivity contribution in [3.63, 3.8) is 0 Å². The van der Waals surface area contributed by atoms with Crippen LogP contribution in [0.3, 0.4) is 0 Å². The van der Waals surface area contributed by atoms with E-state index in [0.717, 1.165) is 6.08 Å². The van der Waals surface area contributed by atoms with Gasteiger partial charge in [0.05, 0.1) is 26.4 Å². The van der Waals surface area contributed by atoms with Crippen molar-refractivity contribution in [3.8, 4) is 5.75 Å². The zero-order valence-electron chi connectivity index (χ0n) is 12.5. The van der Waals surface area contributed by atoms with Gasteiger partial charge in [-0.15, -0.1) is 0 Å². The van der Waals surface area contributed by atoms with Gasteiger partial charge in [-0.2, -0.15) is 0 Å². The molecule has 1 rings (SSSR count). The summed E-state index contributed by atoms with van der Waals surface area (Å²) in [5.41, 5.74) is 0.605. The van der Waals surface area contributed by atoms with Gasteiger partial charge in [-0.25, -0.2) is 9.59 Å².